The van der Waals surface area contributed by atoms with Crippen molar-refractivity contribution in [1.29, 1.82) is 0 Å². The molecular formula is C11H12N4O2. The van der Waals surface area contributed by atoms with Crippen molar-refractivity contribution in [3.63, 3.8) is 0 Å². The molecule has 2 heterocycles. The van der Waals surface area contributed by atoms with E-state index in [1.165, 1.54) is 17.1 Å². The Morgan fingerprint density at radius 2 is 2.35 bits per heavy atom. The molecule has 0 unspecified atom stereocenters. The number of aliphatic hydroxyl groups excluding tert-OH is 1. The van der Waals surface area contributed by atoms with E-state index in [2.05, 4.69) is 10.1 Å². The van der Waals surface area contributed by atoms with E-state index in [9.17, 15) is 9.90 Å². The number of hydrogen-bond acceptors (Lipinski definition) is 4. The van der Waals surface area contributed by atoms with Crippen LogP contribution in [0.15, 0.2) is 30.7 Å². The molecule has 0 spiro atoms. The van der Waals surface area contributed by atoms with Gasteiger partial charge in [0.15, 0.2) is 5.82 Å². The Morgan fingerprint density at radius 3 is 2.94 bits per heavy atom. The highest BCUT2D eigenvalue weighted by atomic mass is 16.3. The second-order valence-electron chi connectivity index (χ2n) is 3.66. The number of rotatable bonds is 3. The average molecular weight is 232 g/mol. The van der Waals surface area contributed by atoms with E-state index < -0.39 is 12.0 Å². The summed E-state index contributed by atoms with van der Waals surface area (Å²) in [5, 5.41) is 13.4. The lowest BCUT2D eigenvalue weighted by atomic mass is 10.2. The Hall–Kier alpha value is -2.21. The van der Waals surface area contributed by atoms with Crippen LogP contribution in [0.1, 0.15) is 28.9 Å². The summed E-state index contributed by atoms with van der Waals surface area (Å²) in [6.07, 6.45) is 3.86. The Kier molecular flexibility index (Phi) is 2.88. The van der Waals surface area contributed by atoms with Crippen molar-refractivity contribution in [3.8, 4) is 5.82 Å². The molecule has 0 fully saturated rings. The summed E-state index contributed by atoms with van der Waals surface area (Å²) in [7, 11) is 0. The van der Waals surface area contributed by atoms with Gasteiger partial charge in [-0.2, -0.15) is 5.10 Å². The molecule has 6 heteroatoms. The van der Waals surface area contributed by atoms with Crippen molar-refractivity contribution < 1.29 is 9.90 Å². The number of nitrogens with zero attached hydrogens (tertiary/aromatic N) is 3. The van der Waals surface area contributed by atoms with Gasteiger partial charge in [0.2, 0.25) is 0 Å². The van der Waals surface area contributed by atoms with Crippen LogP contribution < -0.4 is 5.73 Å². The molecule has 0 radical (unpaired) electrons. The van der Waals surface area contributed by atoms with Crippen LogP contribution >= 0.6 is 0 Å². The van der Waals surface area contributed by atoms with E-state index in [0.29, 0.717) is 11.4 Å². The molecule has 0 bridgehead atoms. The van der Waals surface area contributed by atoms with Crippen LogP contribution in [0.3, 0.4) is 0 Å². The normalized spacial score (nSPS) is 12.4. The minimum Gasteiger partial charge on any atom is -0.389 e. The van der Waals surface area contributed by atoms with Gasteiger partial charge in [0.25, 0.3) is 5.91 Å². The van der Waals surface area contributed by atoms with Crippen LogP contribution in [-0.4, -0.2) is 25.8 Å². The third kappa shape index (κ3) is 2.31. The lowest BCUT2D eigenvalue weighted by molar-refractivity contribution is 0.100. The fourth-order valence-electron chi connectivity index (χ4n) is 1.39. The molecule has 1 amide bonds. The topological polar surface area (TPSA) is 94.0 Å². The summed E-state index contributed by atoms with van der Waals surface area (Å²) in [6.45, 7) is 1.66. The standard InChI is InChI=1S/C11H12N4O2/c1-7(16)8-2-3-13-10(4-8)15-6-9(5-14-15)11(12)17/h2-7,16H,1H3,(H2,12,17)/t7-/m0/s1. The summed E-state index contributed by atoms with van der Waals surface area (Å²) in [4.78, 5) is 15.0. The Labute approximate surface area is 97.7 Å². The largest absolute Gasteiger partial charge is 0.389 e. The van der Waals surface area contributed by atoms with Gasteiger partial charge in [0.05, 0.1) is 17.9 Å². The molecule has 2 aromatic heterocycles. The second-order valence-corrected chi connectivity index (χ2v) is 3.66. The molecular weight excluding hydrogens is 220 g/mol. The highest BCUT2D eigenvalue weighted by Gasteiger charge is 2.08. The highest BCUT2D eigenvalue weighted by Crippen LogP contribution is 2.14. The first-order chi connectivity index (χ1) is 8.08. The number of nitrogens with two attached hydrogens (primary N) is 1. The van der Waals surface area contributed by atoms with Gasteiger partial charge in [-0.05, 0) is 24.6 Å². The molecule has 0 aliphatic heterocycles. The van der Waals surface area contributed by atoms with E-state index in [0.717, 1.165) is 5.56 Å². The number of hydrogen-bond donors (Lipinski definition) is 2. The van der Waals surface area contributed by atoms with E-state index >= 15 is 0 Å². The lowest BCUT2D eigenvalue weighted by Gasteiger charge is -2.06. The van der Waals surface area contributed by atoms with Crippen molar-refractivity contribution >= 4 is 5.91 Å². The van der Waals surface area contributed by atoms with Gasteiger partial charge >= 0.3 is 0 Å². The summed E-state index contributed by atoms with van der Waals surface area (Å²) in [5.41, 5.74) is 6.17. The first-order valence-electron chi connectivity index (χ1n) is 5.07. The number of aliphatic hydroxyl groups is 1. The van der Waals surface area contributed by atoms with Crippen LogP contribution in [-0.2, 0) is 0 Å². The monoisotopic (exact) mass is 232 g/mol. The van der Waals surface area contributed by atoms with Crippen molar-refractivity contribution in [1.82, 2.24) is 14.8 Å². The van der Waals surface area contributed by atoms with Crippen LogP contribution in [0.5, 0.6) is 0 Å². The van der Waals surface area contributed by atoms with Crippen LogP contribution in [0.25, 0.3) is 5.82 Å². The first-order valence-corrected chi connectivity index (χ1v) is 5.07. The number of primary amides is 1. The molecule has 0 aromatic carbocycles. The summed E-state index contributed by atoms with van der Waals surface area (Å²) in [6, 6.07) is 3.41. The first kappa shape index (κ1) is 11.3. The third-order valence-corrected chi connectivity index (χ3v) is 2.35. The van der Waals surface area contributed by atoms with E-state index in [4.69, 9.17) is 5.73 Å². The molecule has 0 saturated heterocycles. The van der Waals surface area contributed by atoms with Crippen molar-refractivity contribution in [2.24, 2.45) is 5.73 Å². The van der Waals surface area contributed by atoms with Gasteiger partial charge in [-0.15, -0.1) is 0 Å². The van der Waals surface area contributed by atoms with Gasteiger partial charge in [0, 0.05) is 12.4 Å². The zero-order valence-electron chi connectivity index (χ0n) is 9.24. The predicted octanol–water partition coefficient (Wildman–Crippen LogP) is 0.420. The fourth-order valence-corrected chi connectivity index (χ4v) is 1.39. The maximum Gasteiger partial charge on any atom is 0.251 e. The zero-order chi connectivity index (χ0) is 12.4. The van der Waals surface area contributed by atoms with Crippen LogP contribution in [0.2, 0.25) is 0 Å². The average Bonchev–Trinajstić information content (AvgIpc) is 2.78. The van der Waals surface area contributed by atoms with Gasteiger partial charge < -0.3 is 10.8 Å². The molecule has 17 heavy (non-hydrogen) atoms. The van der Waals surface area contributed by atoms with Gasteiger partial charge in [-0.25, -0.2) is 9.67 Å². The predicted molar refractivity (Wildman–Crippen MR) is 60.5 cm³/mol. The molecule has 88 valence electrons. The quantitative estimate of drug-likeness (QED) is 0.801. The SMILES string of the molecule is C[C@H](O)c1ccnc(-n2cc(C(N)=O)cn2)c1. The van der Waals surface area contributed by atoms with Crippen molar-refractivity contribution in [2.45, 2.75) is 13.0 Å². The molecule has 2 rings (SSSR count). The minimum absolute atomic E-state index is 0.314. The van der Waals surface area contributed by atoms with Gasteiger partial charge in [-0.1, -0.05) is 0 Å². The molecule has 0 aliphatic carbocycles. The maximum absolute atomic E-state index is 10.9. The minimum atomic E-state index is -0.581. The van der Waals surface area contributed by atoms with Gasteiger partial charge in [-0.3, -0.25) is 4.79 Å². The Morgan fingerprint density at radius 1 is 1.59 bits per heavy atom. The highest BCUT2D eigenvalue weighted by molar-refractivity contribution is 5.92. The van der Waals surface area contributed by atoms with E-state index in [-0.39, 0.29) is 0 Å². The Balaban J connectivity index is 2.38. The third-order valence-electron chi connectivity index (χ3n) is 2.35. The molecule has 2 aromatic rings. The van der Waals surface area contributed by atoms with E-state index in [1.54, 1.807) is 25.3 Å². The second kappa shape index (κ2) is 4.34. The molecule has 0 aliphatic rings. The summed E-state index contributed by atoms with van der Waals surface area (Å²) in [5.74, 6) is -0.0150. The molecule has 6 nitrogen and oxygen atoms in total. The zero-order valence-corrected chi connectivity index (χ0v) is 9.24. The molecule has 0 saturated carbocycles. The number of pyridine rings is 1. The van der Waals surface area contributed by atoms with Crippen LogP contribution in [0, 0.1) is 0 Å². The number of aromatic nitrogens is 3. The van der Waals surface area contributed by atoms with Crippen LogP contribution in [0.4, 0.5) is 0 Å². The molecule has 1 atom stereocenters. The Bertz CT molecular complexity index is 548. The maximum atomic E-state index is 10.9. The molecule has 3 N–H and O–H groups in total. The smallest absolute Gasteiger partial charge is 0.251 e. The van der Waals surface area contributed by atoms with Crippen molar-refractivity contribution in [2.75, 3.05) is 0 Å². The van der Waals surface area contributed by atoms with E-state index in [1.807, 2.05) is 0 Å². The lowest BCUT2D eigenvalue weighted by Crippen LogP contribution is -2.09. The summed E-state index contributed by atoms with van der Waals surface area (Å²) < 4.78 is 1.44. The van der Waals surface area contributed by atoms with Crippen molar-refractivity contribution in [3.05, 3.63) is 41.9 Å². The number of amides is 1. The fraction of sp³-hybridized carbons (Fsp3) is 0.182. The number of carbonyl (C=O) groups excluding carboxylic acids is 1. The number of carbonyl (C=O) groups is 1. The van der Waals surface area contributed by atoms with Gasteiger partial charge in [0.1, 0.15) is 0 Å². The summed E-state index contributed by atoms with van der Waals surface area (Å²) >= 11 is 0.